The fourth-order valence-electron chi connectivity index (χ4n) is 2.52. The molecule has 0 saturated carbocycles. The van der Waals surface area contributed by atoms with E-state index in [1.165, 1.54) is 6.42 Å². The molecule has 18 heavy (non-hydrogen) atoms. The van der Waals surface area contributed by atoms with Crippen LogP contribution in [0.2, 0.25) is 0 Å². The van der Waals surface area contributed by atoms with Crippen LogP contribution in [0.5, 0.6) is 0 Å². The summed E-state index contributed by atoms with van der Waals surface area (Å²) in [6.45, 7) is 4.71. The van der Waals surface area contributed by atoms with Crippen molar-refractivity contribution in [3.63, 3.8) is 0 Å². The van der Waals surface area contributed by atoms with Gasteiger partial charge in [-0.25, -0.2) is 4.98 Å². The minimum Gasteiger partial charge on any atom is -0.384 e. The molecule has 96 valence electrons. The molecule has 1 atom stereocenters. The van der Waals surface area contributed by atoms with Crippen LogP contribution in [0.1, 0.15) is 24.1 Å². The second kappa shape index (κ2) is 5.83. The number of rotatable bonds is 3. The van der Waals surface area contributed by atoms with Gasteiger partial charge in [-0.15, -0.1) is 0 Å². The Morgan fingerprint density at radius 1 is 1.56 bits per heavy atom. The van der Waals surface area contributed by atoms with Gasteiger partial charge in [-0.1, -0.05) is 0 Å². The molecule has 1 aliphatic heterocycles. The molecule has 2 heterocycles. The summed E-state index contributed by atoms with van der Waals surface area (Å²) in [5, 5.41) is 9.00. The van der Waals surface area contributed by atoms with Crippen molar-refractivity contribution in [2.75, 3.05) is 31.7 Å². The van der Waals surface area contributed by atoms with Gasteiger partial charge in [0.25, 0.3) is 0 Å². The highest BCUT2D eigenvalue weighted by molar-refractivity contribution is 5.46. The third-order valence-electron chi connectivity index (χ3n) is 3.31. The molecule has 1 aromatic heterocycles. The minimum absolute atomic E-state index is 0.566. The second-order valence-electron chi connectivity index (χ2n) is 4.88. The standard InChI is InChI=1S/C14H19N3O/c1-11-6-13(8-15)7-14(16-11)17-5-3-4-12(9-17)10-18-2/h6-7,12H,3-5,9-10H2,1-2H3. The number of hydrogen-bond acceptors (Lipinski definition) is 4. The maximum atomic E-state index is 9.00. The van der Waals surface area contributed by atoms with Crippen LogP contribution >= 0.6 is 0 Å². The van der Waals surface area contributed by atoms with Gasteiger partial charge in [0.15, 0.2) is 0 Å². The molecule has 0 aromatic carbocycles. The van der Waals surface area contributed by atoms with Crippen LogP contribution in [0.25, 0.3) is 0 Å². The fourth-order valence-corrected chi connectivity index (χ4v) is 2.52. The molecule has 0 bridgehead atoms. The van der Waals surface area contributed by atoms with E-state index in [1.807, 2.05) is 19.1 Å². The average molecular weight is 245 g/mol. The van der Waals surface area contributed by atoms with Crippen molar-refractivity contribution in [3.8, 4) is 6.07 Å². The van der Waals surface area contributed by atoms with E-state index in [0.717, 1.165) is 37.6 Å². The maximum absolute atomic E-state index is 9.00. The SMILES string of the molecule is COCC1CCCN(c2cc(C#N)cc(C)n2)C1. The van der Waals surface area contributed by atoms with Crippen LogP contribution < -0.4 is 4.90 Å². The van der Waals surface area contributed by atoms with Gasteiger partial charge in [0, 0.05) is 25.9 Å². The topological polar surface area (TPSA) is 49.1 Å². The number of aryl methyl sites for hydroxylation is 1. The van der Waals surface area contributed by atoms with Gasteiger partial charge in [-0.2, -0.15) is 5.26 Å². The zero-order valence-corrected chi connectivity index (χ0v) is 11.0. The van der Waals surface area contributed by atoms with E-state index >= 15 is 0 Å². The summed E-state index contributed by atoms with van der Waals surface area (Å²) in [4.78, 5) is 6.80. The molecule has 1 unspecified atom stereocenters. The van der Waals surface area contributed by atoms with Gasteiger partial charge >= 0.3 is 0 Å². The molecule has 0 radical (unpaired) electrons. The molecule has 2 rings (SSSR count). The van der Waals surface area contributed by atoms with E-state index in [9.17, 15) is 0 Å². The van der Waals surface area contributed by atoms with E-state index in [2.05, 4.69) is 16.0 Å². The Labute approximate surface area is 108 Å². The Morgan fingerprint density at radius 3 is 3.11 bits per heavy atom. The van der Waals surface area contributed by atoms with Gasteiger partial charge in [0.1, 0.15) is 5.82 Å². The number of aromatic nitrogens is 1. The van der Waals surface area contributed by atoms with Crippen molar-refractivity contribution in [3.05, 3.63) is 23.4 Å². The highest BCUT2D eigenvalue weighted by Gasteiger charge is 2.21. The van der Waals surface area contributed by atoms with Crippen molar-refractivity contribution < 1.29 is 4.74 Å². The molecule has 1 aromatic rings. The first-order chi connectivity index (χ1) is 8.72. The predicted octanol–water partition coefficient (Wildman–Crippen LogP) is 2.12. The third kappa shape index (κ3) is 2.99. The number of nitrogens with zero attached hydrogens (tertiary/aromatic N) is 3. The predicted molar refractivity (Wildman–Crippen MR) is 70.5 cm³/mol. The summed E-state index contributed by atoms with van der Waals surface area (Å²) in [6, 6.07) is 5.89. The van der Waals surface area contributed by atoms with Crippen molar-refractivity contribution >= 4 is 5.82 Å². The monoisotopic (exact) mass is 245 g/mol. The van der Waals surface area contributed by atoms with E-state index in [4.69, 9.17) is 10.00 Å². The first-order valence-corrected chi connectivity index (χ1v) is 6.35. The van der Waals surface area contributed by atoms with Crippen LogP contribution in [0, 0.1) is 24.2 Å². The van der Waals surface area contributed by atoms with Gasteiger partial charge < -0.3 is 9.64 Å². The zero-order valence-electron chi connectivity index (χ0n) is 11.0. The molecular formula is C14H19N3O. The molecule has 0 spiro atoms. The van der Waals surface area contributed by atoms with Crippen molar-refractivity contribution in [1.82, 2.24) is 4.98 Å². The van der Waals surface area contributed by atoms with Gasteiger partial charge in [0.2, 0.25) is 0 Å². The summed E-state index contributed by atoms with van der Waals surface area (Å²) in [5.41, 5.74) is 1.59. The Morgan fingerprint density at radius 2 is 2.39 bits per heavy atom. The fraction of sp³-hybridized carbons (Fsp3) is 0.571. The molecule has 1 saturated heterocycles. The van der Waals surface area contributed by atoms with Crippen LogP contribution in [-0.2, 0) is 4.74 Å². The summed E-state index contributed by atoms with van der Waals surface area (Å²) >= 11 is 0. The molecule has 0 aliphatic carbocycles. The molecule has 1 fully saturated rings. The number of nitriles is 1. The minimum atomic E-state index is 0.566. The normalized spacial score (nSPS) is 19.6. The van der Waals surface area contributed by atoms with Crippen LogP contribution in [-0.4, -0.2) is 31.8 Å². The van der Waals surface area contributed by atoms with Crippen molar-refractivity contribution in [2.45, 2.75) is 19.8 Å². The molecular weight excluding hydrogens is 226 g/mol. The van der Waals surface area contributed by atoms with Crippen LogP contribution in [0.4, 0.5) is 5.82 Å². The summed E-state index contributed by atoms with van der Waals surface area (Å²) in [7, 11) is 1.75. The largest absolute Gasteiger partial charge is 0.384 e. The average Bonchev–Trinajstić information content (AvgIpc) is 2.39. The number of ether oxygens (including phenoxy) is 1. The highest BCUT2D eigenvalue weighted by atomic mass is 16.5. The van der Waals surface area contributed by atoms with E-state index in [0.29, 0.717) is 11.5 Å². The lowest BCUT2D eigenvalue weighted by molar-refractivity contribution is 0.143. The van der Waals surface area contributed by atoms with Gasteiger partial charge in [-0.05, 0) is 37.8 Å². The first kappa shape index (κ1) is 12.8. The Hall–Kier alpha value is -1.60. The smallest absolute Gasteiger partial charge is 0.130 e. The summed E-state index contributed by atoms with van der Waals surface area (Å²) < 4.78 is 5.23. The van der Waals surface area contributed by atoms with Gasteiger partial charge in [-0.3, -0.25) is 0 Å². The van der Waals surface area contributed by atoms with Crippen LogP contribution in [0.15, 0.2) is 12.1 Å². The number of pyridine rings is 1. The van der Waals surface area contributed by atoms with Crippen molar-refractivity contribution in [1.29, 1.82) is 5.26 Å². The lowest BCUT2D eigenvalue weighted by Crippen LogP contribution is -2.37. The number of hydrogen-bond donors (Lipinski definition) is 0. The zero-order chi connectivity index (χ0) is 13.0. The first-order valence-electron chi connectivity index (χ1n) is 6.35. The number of piperidine rings is 1. The van der Waals surface area contributed by atoms with Gasteiger partial charge in [0.05, 0.1) is 18.2 Å². The quantitative estimate of drug-likeness (QED) is 0.818. The number of methoxy groups -OCH3 is 1. The Kier molecular flexibility index (Phi) is 4.16. The molecule has 0 amide bonds. The van der Waals surface area contributed by atoms with E-state index in [-0.39, 0.29) is 0 Å². The summed E-state index contributed by atoms with van der Waals surface area (Å²) in [5.74, 6) is 1.49. The Balaban J connectivity index is 2.15. The molecule has 4 nitrogen and oxygen atoms in total. The van der Waals surface area contributed by atoms with Crippen LogP contribution in [0.3, 0.4) is 0 Å². The molecule has 4 heteroatoms. The maximum Gasteiger partial charge on any atom is 0.130 e. The molecule has 0 N–H and O–H groups in total. The Bertz CT molecular complexity index is 451. The second-order valence-corrected chi connectivity index (χ2v) is 4.88. The number of anilines is 1. The van der Waals surface area contributed by atoms with E-state index < -0.39 is 0 Å². The highest BCUT2D eigenvalue weighted by Crippen LogP contribution is 2.23. The lowest BCUT2D eigenvalue weighted by atomic mass is 9.99. The lowest BCUT2D eigenvalue weighted by Gasteiger charge is -2.33. The van der Waals surface area contributed by atoms with E-state index in [1.54, 1.807) is 7.11 Å². The summed E-state index contributed by atoms with van der Waals surface area (Å²) in [6.07, 6.45) is 2.37. The third-order valence-corrected chi connectivity index (χ3v) is 3.31. The van der Waals surface area contributed by atoms with Crippen molar-refractivity contribution in [2.24, 2.45) is 5.92 Å². The molecule has 1 aliphatic rings.